The van der Waals surface area contributed by atoms with Crippen LogP contribution in [0.15, 0.2) is 42.5 Å². The summed E-state index contributed by atoms with van der Waals surface area (Å²) in [5.74, 6) is 1.00. The number of amides is 3. The summed E-state index contributed by atoms with van der Waals surface area (Å²) in [4.78, 5) is 25.6. The van der Waals surface area contributed by atoms with Crippen molar-refractivity contribution in [2.45, 2.75) is 19.4 Å². The summed E-state index contributed by atoms with van der Waals surface area (Å²) in [5, 5.41) is 6.14. The number of nitrogens with zero attached hydrogens (tertiary/aromatic N) is 1. The zero-order valence-electron chi connectivity index (χ0n) is 15.7. The number of carbonyl (C=O) groups excluding carboxylic acids is 2. The smallest absolute Gasteiger partial charge is 0.322 e. The molecule has 2 aromatic rings. The first-order valence-corrected chi connectivity index (χ1v) is 9.26. The number of anilines is 2. The lowest BCUT2D eigenvalue weighted by molar-refractivity contribution is -0.114. The highest BCUT2D eigenvalue weighted by atomic mass is 35.5. The van der Waals surface area contributed by atoms with Crippen LogP contribution in [0.2, 0.25) is 5.02 Å². The van der Waals surface area contributed by atoms with Gasteiger partial charge in [0.25, 0.3) is 0 Å². The molecule has 7 nitrogen and oxygen atoms in total. The van der Waals surface area contributed by atoms with Crippen molar-refractivity contribution in [2.75, 3.05) is 30.8 Å². The molecule has 1 saturated heterocycles. The summed E-state index contributed by atoms with van der Waals surface area (Å²) in [6, 6.07) is 12.0. The van der Waals surface area contributed by atoms with Gasteiger partial charge in [0, 0.05) is 30.6 Å². The van der Waals surface area contributed by atoms with Crippen molar-refractivity contribution in [1.82, 2.24) is 4.90 Å². The van der Waals surface area contributed by atoms with E-state index in [4.69, 9.17) is 21.1 Å². The standard InChI is InChI=1S/C20H22ClN3O4/c1-13(25)22-15-6-7-19(27-2)18(11-15)23-20(26)24-9-8-17(12-24)28-16-5-3-4-14(21)10-16/h3-7,10-11,17H,8-9,12H2,1-2H3,(H,22,25)(H,23,26). The van der Waals surface area contributed by atoms with E-state index in [9.17, 15) is 9.59 Å². The highest BCUT2D eigenvalue weighted by molar-refractivity contribution is 6.30. The minimum absolute atomic E-state index is 0.100. The zero-order valence-corrected chi connectivity index (χ0v) is 16.5. The van der Waals surface area contributed by atoms with Gasteiger partial charge in [-0.25, -0.2) is 4.79 Å². The van der Waals surface area contributed by atoms with Gasteiger partial charge in [0.15, 0.2) is 0 Å². The van der Waals surface area contributed by atoms with E-state index >= 15 is 0 Å². The fourth-order valence-corrected chi connectivity index (χ4v) is 3.20. The lowest BCUT2D eigenvalue weighted by Gasteiger charge is -2.19. The first kappa shape index (κ1) is 19.8. The van der Waals surface area contributed by atoms with Crippen molar-refractivity contribution in [3.8, 4) is 11.5 Å². The molecule has 1 aliphatic rings. The Morgan fingerprint density at radius 3 is 2.71 bits per heavy atom. The highest BCUT2D eigenvalue weighted by Crippen LogP contribution is 2.29. The van der Waals surface area contributed by atoms with E-state index in [0.717, 1.165) is 6.42 Å². The summed E-state index contributed by atoms with van der Waals surface area (Å²) in [5.41, 5.74) is 1.06. The molecule has 1 fully saturated rings. The lowest BCUT2D eigenvalue weighted by Crippen LogP contribution is -2.34. The third kappa shape index (κ3) is 5.07. The Bertz CT molecular complexity index is 874. The number of methoxy groups -OCH3 is 1. The number of hydrogen-bond acceptors (Lipinski definition) is 4. The SMILES string of the molecule is COc1ccc(NC(C)=O)cc1NC(=O)N1CCC(Oc2cccc(Cl)c2)C1. The van der Waals surface area contributed by atoms with Crippen LogP contribution < -0.4 is 20.1 Å². The van der Waals surface area contributed by atoms with E-state index in [1.807, 2.05) is 12.1 Å². The van der Waals surface area contributed by atoms with Crippen molar-refractivity contribution >= 4 is 34.9 Å². The van der Waals surface area contributed by atoms with Crippen molar-refractivity contribution in [1.29, 1.82) is 0 Å². The van der Waals surface area contributed by atoms with Crippen molar-refractivity contribution in [2.24, 2.45) is 0 Å². The van der Waals surface area contributed by atoms with E-state index in [1.165, 1.54) is 14.0 Å². The third-order valence-corrected chi connectivity index (χ3v) is 4.53. The van der Waals surface area contributed by atoms with Crippen LogP contribution in [0.1, 0.15) is 13.3 Å². The van der Waals surface area contributed by atoms with Gasteiger partial charge < -0.3 is 25.0 Å². The van der Waals surface area contributed by atoms with Crippen LogP contribution >= 0.6 is 11.6 Å². The number of urea groups is 1. The molecular formula is C20H22ClN3O4. The second kappa shape index (κ2) is 8.84. The second-order valence-electron chi connectivity index (χ2n) is 6.46. The van der Waals surface area contributed by atoms with E-state index in [1.54, 1.807) is 35.2 Å². The molecule has 2 N–H and O–H groups in total. The fourth-order valence-electron chi connectivity index (χ4n) is 3.02. The van der Waals surface area contributed by atoms with Crippen molar-refractivity contribution in [3.63, 3.8) is 0 Å². The monoisotopic (exact) mass is 403 g/mol. The minimum atomic E-state index is -0.254. The van der Waals surface area contributed by atoms with Gasteiger partial charge in [-0.05, 0) is 36.4 Å². The Morgan fingerprint density at radius 1 is 1.18 bits per heavy atom. The number of halogens is 1. The summed E-state index contributed by atoms with van der Waals surface area (Å²) in [6.07, 6.45) is 0.625. The van der Waals surface area contributed by atoms with Crippen LogP contribution in [-0.4, -0.2) is 43.1 Å². The minimum Gasteiger partial charge on any atom is -0.495 e. The molecule has 0 aromatic heterocycles. The maximum Gasteiger partial charge on any atom is 0.322 e. The number of hydrogen-bond donors (Lipinski definition) is 2. The Kier molecular flexibility index (Phi) is 6.26. The average molecular weight is 404 g/mol. The maximum atomic E-state index is 12.7. The van der Waals surface area contributed by atoms with Gasteiger partial charge in [-0.1, -0.05) is 17.7 Å². The normalized spacial score (nSPS) is 15.8. The Labute approximate surface area is 168 Å². The van der Waals surface area contributed by atoms with Crippen LogP contribution in [0.3, 0.4) is 0 Å². The lowest BCUT2D eigenvalue weighted by atomic mass is 10.2. The van der Waals surface area contributed by atoms with Gasteiger partial charge in [-0.3, -0.25) is 4.79 Å². The molecular weight excluding hydrogens is 382 g/mol. The summed E-state index contributed by atoms with van der Waals surface area (Å²) >= 11 is 5.98. The zero-order chi connectivity index (χ0) is 20.1. The van der Waals surface area contributed by atoms with Gasteiger partial charge in [0.1, 0.15) is 17.6 Å². The molecule has 0 bridgehead atoms. The van der Waals surface area contributed by atoms with Gasteiger partial charge >= 0.3 is 6.03 Å². The molecule has 0 radical (unpaired) electrons. The predicted molar refractivity (Wildman–Crippen MR) is 108 cm³/mol. The number of carbonyl (C=O) groups is 2. The first-order valence-electron chi connectivity index (χ1n) is 8.88. The molecule has 1 aliphatic heterocycles. The average Bonchev–Trinajstić information content (AvgIpc) is 3.10. The summed E-state index contributed by atoms with van der Waals surface area (Å²) in [7, 11) is 1.52. The third-order valence-electron chi connectivity index (χ3n) is 4.29. The van der Waals surface area contributed by atoms with E-state index in [0.29, 0.717) is 41.0 Å². The topological polar surface area (TPSA) is 79.9 Å². The Morgan fingerprint density at radius 2 is 2.00 bits per heavy atom. The van der Waals surface area contributed by atoms with Crippen LogP contribution in [0.25, 0.3) is 0 Å². The van der Waals surface area contributed by atoms with Crippen LogP contribution in [0.5, 0.6) is 11.5 Å². The fraction of sp³-hybridized carbons (Fsp3) is 0.300. The number of likely N-dealkylation sites (tertiary alicyclic amines) is 1. The summed E-state index contributed by atoms with van der Waals surface area (Å²) < 4.78 is 11.2. The molecule has 2 aromatic carbocycles. The highest BCUT2D eigenvalue weighted by Gasteiger charge is 2.28. The number of ether oxygens (including phenoxy) is 2. The van der Waals surface area contributed by atoms with E-state index in [2.05, 4.69) is 10.6 Å². The molecule has 28 heavy (non-hydrogen) atoms. The number of benzene rings is 2. The van der Waals surface area contributed by atoms with Crippen molar-refractivity contribution in [3.05, 3.63) is 47.5 Å². The molecule has 0 spiro atoms. The van der Waals surface area contributed by atoms with Crippen LogP contribution in [0, 0.1) is 0 Å². The molecule has 0 saturated carbocycles. The van der Waals surface area contributed by atoms with Gasteiger partial charge in [-0.15, -0.1) is 0 Å². The maximum absolute atomic E-state index is 12.7. The Hall–Kier alpha value is -2.93. The molecule has 1 atom stereocenters. The molecule has 0 aliphatic carbocycles. The van der Waals surface area contributed by atoms with E-state index in [-0.39, 0.29) is 18.0 Å². The Balaban J connectivity index is 1.62. The molecule has 3 amide bonds. The number of nitrogens with one attached hydrogen (secondary N) is 2. The molecule has 148 valence electrons. The van der Waals surface area contributed by atoms with Crippen LogP contribution in [0.4, 0.5) is 16.2 Å². The molecule has 3 rings (SSSR count). The largest absolute Gasteiger partial charge is 0.495 e. The molecule has 1 unspecified atom stereocenters. The molecule has 1 heterocycles. The molecule has 8 heteroatoms. The summed E-state index contributed by atoms with van der Waals surface area (Å²) in [6.45, 7) is 2.46. The van der Waals surface area contributed by atoms with Crippen molar-refractivity contribution < 1.29 is 19.1 Å². The van der Waals surface area contributed by atoms with Crippen LogP contribution in [-0.2, 0) is 4.79 Å². The van der Waals surface area contributed by atoms with Gasteiger partial charge in [0.2, 0.25) is 5.91 Å². The second-order valence-corrected chi connectivity index (χ2v) is 6.89. The van der Waals surface area contributed by atoms with E-state index < -0.39 is 0 Å². The first-order chi connectivity index (χ1) is 13.4. The van der Waals surface area contributed by atoms with Gasteiger partial charge in [0.05, 0.1) is 19.3 Å². The quantitative estimate of drug-likeness (QED) is 0.791. The van der Waals surface area contributed by atoms with Gasteiger partial charge in [-0.2, -0.15) is 0 Å². The number of rotatable bonds is 5. The predicted octanol–water partition coefficient (Wildman–Crippen LogP) is 3.99.